The summed E-state index contributed by atoms with van der Waals surface area (Å²) in [6.45, 7) is 4.71. The van der Waals surface area contributed by atoms with Crippen LogP contribution in [0.4, 0.5) is 5.69 Å². The number of hydrogen-bond acceptors (Lipinski definition) is 6. The van der Waals surface area contributed by atoms with Crippen LogP contribution in [0.3, 0.4) is 0 Å². The first-order valence-corrected chi connectivity index (χ1v) is 9.17. The molecule has 0 aliphatic carbocycles. The fourth-order valence-corrected chi connectivity index (χ4v) is 3.55. The van der Waals surface area contributed by atoms with E-state index in [9.17, 15) is 13.2 Å². The Morgan fingerprint density at radius 3 is 2.50 bits per heavy atom. The monoisotopic (exact) mass is 354 g/mol. The molecule has 0 saturated carbocycles. The molecule has 24 heavy (non-hydrogen) atoms. The summed E-state index contributed by atoms with van der Waals surface area (Å²) >= 11 is 0. The molecule has 132 valence electrons. The van der Waals surface area contributed by atoms with E-state index in [2.05, 4.69) is 5.32 Å². The van der Waals surface area contributed by atoms with Crippen molar-refractivity contribution in [3.05, 3.63) is 40.9 Å². The number of sulfonamides is 1. The average molecular weight is 354 g/mol. The van der Waals surface area contributed by atoms with Gasteiger partial charge >= 0.3 is 5.97 Å². The van der Waals surface area contributed by atoms with E-state index in [0.29, 0.717) is 18.9 Å². The van der Waals surface area contributed by atoms with Gasteiger partial charge in [0.25, 0.3) is 10.0 Å². The Morgan fingerprint density at radius 1 is 1.29 bits per heavy atom. The second-order valence-electron chi connectivity index (χ2n) is 5.26. The SMILES string of the molecule is CCOC(=O)/C(=C\Nc1ccc(C)cc1)S(=O)(=O)N1CCOCC1. The van der Waals surface area contributed by atoms with Gasteiger partial charge in [-0.25, -0.2) is 13.2 Å². The molecule has 0 unspecified atom stereocenters. The number of esters is 1. The molecule has 8 heteroatoms. The fraction of sp³-hybridized carbons (Fsp3) is 0.438. The van der Waals surface area contributed by atoms with Gasteiger partial charge in [-0.1, -0.05) is 17.7 Å². The van der Waals surface area contributed by atoms with Crippen molar-refractivity contribution in [2.24, 2.45) is 0 Å². The van der Waals surface area contributed by atoms with Crippen molar-refractivity contribution in [3.8, 4) is 0 Å². The van der Waals surface area contributed by atoms with Crippen LogP contribution in [0.5, 0.6) is 0 Å². The third kappa shape index (κ3) is 4.56. The third-order valence-electron chi connectivity index (χ3n) is 3.49. The fourth-order valence-electron chi connectivity index (χ4n) is 2.17. The maximum atomic E-state index is 12.7. The summed E-state index contributed by atoms with van der Waals surface area (Å²) in [5.74, 6) is -0.872. The van der Waals surface area contributed by atoms with Gasteiger partial charge in [-0.2, -0.15) is 4.31 Å². The topological polar surface area (TPSA) is 84.9 Å². The number of carbonyl (C=O) groups is 1. The Labute approximate surface area is 142 Å². The van der Waals surface area contributed by atoms with Gasteiger partial charge in [0.1, 0.15) is 0 Å². The number of morpholine rings is 1. The van der Waals surface area contributed by atoms with E-state index in [0.717, 1.165) is 5.56 Å². The van der Waals surface area contributed by atoms with E-state index in [4.69, 9.17) is 9.47 Å². The second kappa shape index (κ2) is 8.27. The highest BCUT2D eigenvalue weighted by Gasteiger charge is 2.33. The highest BCUT2D eigenvalue weighted by Crippen LogP contribution is 2.18. The summed E-state index contributed by atoms with van der Waals surface area (Å²) < 4.78 is 36.8. The van der Waals surface area contributed by atoms with Gasteiger partial charge in [0, 0.05) is 25.0 Å². The van der Waals surface area contributed by atoms with Crippen LogP contribution in [0.1, 0.15) is 12.5 Å². The third-order valence-corrected chi connectivity index (χ3v) is 5.37. The first-order chi connectivity index (χ1) is 11.4. The van der Waals surface area contributed by atoms with Crippen molar-refractivity contribution in [1.29, 1.82) is 0 Å². The lowest BCUT2D eigenvalue weighted by Crippen LogP contribution is -2.42. The molecule has 1 aromatic rings. The summed E-state index contributed by atoms with van der Waals surface area (Å²) in [6.07, 6.45) is 1.19. The number of anilines is 1. The Balaban J connectivity index is 2.27. The zero-order chi connectivity index (χ0) is 17.6. The number of ether oxygens (including phenoxy) is 2. The molecular weight excluding hydrogens is 332 g/mol. The van der Waals surface area contributed by atoms with Crippen molar-refractivity contribution in [1.82, 2.24) is 4.31 Å². The summed E-state index contributed by atoms with van der Waals surface area (Å²) in [5, 5.41) is 2.86. The summed E-state index contributed by atoms with van der Waals surface area (Å²) in [5.41, 5.74) is 1.76. The van der Waals surface area contributed by atoms with Crippen LogP contribution < -0.4 is 5.32 Å². The van der Waals surface area contributed by atoms with Crippen molar-refractivity contribution in [2.75, 3.05) is 38.2 Å². The molecule has 0 bridgehead atoms. The van der Waals surface area contributed by atoms with Crippen molar-refractivity contribution >= 4 is 21.7 Å². The Kier molecular flexibility index (Phi) is 6.36. The Morgan fingerprint density at radius 2 is 1.92 bits per heavy atom. The van der Waals surface area contributed by atoms with Crippen LogP contribution in [-0.4, -0.2) is 51.6 Å². The average Bonchev–Trinajstić information content (AvgIpc) is 2.57. The van der Waals surface area contributed by atoms with Gasteiger partial charge < -0.3 is 14.8 Å². The lowest BCUT2D eigenvalue weighted by Gasteiger charge is -2.26. The molecule has 2 rings (SSSR count). The minimum atomic E-state index is -3.95. The van der Waals surface area contributed by atoms with Crippen molar-refractivity contribution in [3.63, 3.8) is 0 Å². The minimum absolute atomic E-state index is 0.0966. The smallest absolute Gasteiger partial charge is 0.352 e. The van der Waals surface area contributed by atoms with E-state index in [1.165, 1.54) is 10.5 Å². The molecule has 7 nitrogen and oxygen atoms in total. The van der Waals surface area contributed by atoms with Crippen LogP contribution in [0.15, 0.2) is 35.4 Å². The maximum absolute atomic E-state index is 12.7. The molecule has 0 atom stereocenters. The molecule has 0 amide bonds. The zero-order valence-corrected chi connectivity index (χ0v) is 14.6. The first-order valence-electron chi connectivity index (χ1n) is 7.73. The molecule has 1 fully saturated rings. The highest BCUT2D eigenvalue weighted by atomic mass is 32.2. The van der Waals surface area contributed by atoms with Gasteiger partial charge in [0.2, 0.25) is 0 Å². The van der Waals surface area contributed by atoms with E-state index < -0.39 is 20.9 Å². The number of nitrogens with zero attached hydrogens (tertiary/aromatic N) is 1. The number of benzene rings is 1. The predicted octanol–water partition coefficient (Wildman–Crippen LogP) is 1.47. The first kappa shape index (κ1) is 18.4. The van der Waals surface area contributed by atoms with Gasteiger partial charge in [0.15, 0.2) is 4.91 Å². The number of rotatable bonds is 6. The van der Waals surface area contributed by atoms with Gasteiger partial charge in [-0.15, -0.1) is 0 Å². The molecule has 1 aliphatic heterocycles. The minimum Gasteiger partial charge on any atom is -0.462 e. The van der Waals surface area contributed by atoms with Gasteiger partial charge in [-0.05, 0) is 26.0 Å². The van der Waals surface area contributed by atoms with Gasteiger partial charge in [-0.3, -0.25) is 0 Å². The number of carbonyl (C=O) groups excluding carboxylic acids is 1. The quantitative estimate of drug-likeness (QED) is 0.615. The van der Waals surface area contributed by atoms with Crippen LogP contribution in [-0.2, 0) is 24.3 Å². The standard InChI is InChI=1S/C16H22N2O5S/c1-3-23-16(19)15(12-17-14-6-4-13(2)5-7-14)24(20,21)18-8-10-22-11-9-18/h4-7,12,17H,3,8-11H2,1-2H3/b15-12+. The van der Waals surface area contributed by atoms with Crippen molar-refractivity contribution in [2.45, 2.75) is 13.8 Å². The van der Waals surface area contributed by atoms with Crippen molar-refractivity contribution < 1.29 is 22.7 Å². The maximum Gasteiger partial charge on any atom is 0.352 e. The summed E-state index contributed by atoms with van der Waals surface area (Å²) in [7, 11) is -3.95. The Bertz CT molecular complexity index is 692. The summed E-state index contributed by atoms with van der Waals surface area (Å²) in [6, 6.07) is 7.37. The van der Waals surface area contributed by atoms with E-state index in [1.807, 2.05) is 19.1 Å². The molecular formula is C16H22N2O5S. The van der Waals surface area contributed by atoms with Crippen LogP contribution >= 0.6 is 0 Å². The molecule has 0 radical (unpaired) electrons. The van der Waals surface area contributed by atoms with E-state index in [1.54, 1.807) is 19.1 Å². The van der Waals surface area contributed by atoms with Crippen LogP contribution in [0, 0.1) is 6.92 Å². The molecule has 0 spiro atoms. The molecule has 1 saturated heterocycles. The molecule has 1 heterocycles. The molecule has 1 aromatic carbocycles. The van der Waals surface area contributed by atoms with E-state index >= 15 is 0 Å². The highest BCUT2D eigenvalue weighted by molar-refractivity contribution is 7.94. The lowest BCUT2D eigenvalue weighted by atomic mass is 10.2. The van der Waals surface area contributed by atoms with Crippen LogP contribution in [0.2, 0.25) is 0 Å². The predicted molar refractivity (Wildman–Crippen MR) is 90.8 cm³/mol. The lowest BCUT2D eigenvalue weighted by molar-refractivity contribution is -0.137. The zero-order valence-electron chi connectivity index (χ0n) is 13.8. The summed E-state index contributed by atoms with van der Waals surface area (Å²) in [4.78, 5) is 11.7. The van der Waals surface area contributed by atoms with Crippen LogP contribution in [0.25, 0.3) is 0 Å². The molecule has 1 aliphatic rings. The molecule has 0 aromatic heterocycles. The van der Waals surface area contributed by atoms with E-state index in [-0.39, 0.29) is 19.7 Å². The normalized spacial score (nSPS) is 16.7. The molecule has 1 N–H and O–H groups in total. The number of aryl methyl sites for hydroxylation is 1. The largest absolute Gasteiger partial charge is 0.462 e. The van der Waals surface area contributed by atoms with Gasteiger partial charge in [0.05, 0.1) is 19.8 Å². The second-order valence-corrected chi connectivity index (χ2v) is 7.16. The number of nitrogens with one attached hydrogen (secondary N) is 1. The Hall–Kier alpha value is -1.90. The number of hydrogen-bond donors (Lipinski definition) is 1.